The van der Waals surface area contributed by atoms with Gasteiger partial charge in [-0.2, -0.15) is 13.2 Å². The predicted molar refractivity (Wildman–Crippen MR) is 71.0 cm³/mol. The van der Waals surface area contributed by atoms with Gasteiger partial charge in [-0.25, -0.2) is 9.97 Å². The summed E-state index contributed by atoms with van der Waals surface area (Å²) >= 11 is 0. The summed E-state index contributed by atoms with van der Waals surface area (Å²) in [6.07, 6.45) is -4.04. The molecule has 0 aliphatic heterocycles. The third-order valence-corrected chi connectivity index (χ3v) is 2.73. The second-order valence-electron chi connectivity index (χ2n) is 4.81. The van der Waals surface area contributed by atoms with E-state index in [1.54, 1.807) is 7.05 Å². The number of alkyl halides is 3. The molecule has 1 heterocycles. The lowest BCUT2D eigenvalue weighted by molar-refractivity contribution is -0.173. The number of anilines is 1. The van der Waals surface area contributed by atoms with Crippen LogP contribution in [0, 0.1) is 6.92 Å². The molecule has 0 amide bonds. The highest BCUT2D eigenvalue weighted by atomic mass is 19.4. The quantitative estimate of drug-likeness (QED) is 0.818. The van der Waals surface area contributed by atoms with Gasteiger partial charge in [-0.15, -0.1) is 0 Å². The summed E-state index contributed by atoms with van der Waals surface area (Å²) in [5.74, 6) is 1.48. The molecule has 0 aliphatic rings. The Morgan fingerprint density at radius 3 is 2.40 bits per heavy atom. The molecule has 0 spiro atoms. The highest BCUT2D eigenvalue weighted by Crippen LogP contribution is 2.24. The lowest BCUT2D eigenvalue weighted by Crippen LogP contribution is -2.18. The molecule has 1 rings (SSSR count). The Kier molecular flexibility index (Phi) is 5.74. The van der Waals surface area contributed by atoms with E-state index in [-0.39, 0.29) is 18.9 Å². The zero-order chi connectivity index (χ0) is 15.3. The van der Waals surface area contributed by atoms with Gasteiger partial charge in [-0.1, -0.05) is 13.8 Å². The van der Waals surface area contributed by atoms with E-state index in [1.807, 2.05) is 20.8 Å². The van der Waals surface area contributed by atoms with E-state index in [9.17, 15) is 13.2 Å². The second-order valence-corrected chi connectivity index (χ2v) is 4.81. The van der Waals surface area contributed by atoms with Crippen LogP contribution in [0.15, 0.2) is 0 Å². The molecule has 1 N–H and O–H groups in total. The first-order valence-electron chi connectivity index (χ1n) is 6.44. The van der Waals surface area contributed by atoms with Crippen LogP contribution in [0.1, 0.15) is 36.8 Å². The number of hydrogen-bond donors (Lipinski definition) is 1. The summed E-state index contributed by atoms with van der Waals surface area (Å²) < 4.78 is 40.4. The number of ether oxygens (including phenoxy) is 1. The van der Waals surface area contributed by atoms with Crippen LogP contribution in [0.25, 0.3) is 0 Å². The summed E-state index contributed by atoms with van der Waals surface area (Å²) in [4.78, 5) is 8.65. The number of aromatic nitrogens is 2. The van der Waals surface area contributed by atoms with Gasteiger partial charge in [0.2, 0.25) is 0 Å². The van der Waals surface area contributed by atoms with Crippen molar-refractivity contribution in [1.82, 2.24) is 9.97 Å². The highest BCUT2D eigenvalue weighted by molar-refractivity contribution is 5.47. The van der Waals surface area contributed by atoms with Gasteiger partial charge in [0.05, 0.1) is 6.61 Å². The van der Waals surface area contributed by atoms with Crippen molar-refractivity contribution < 1.29 is 17.9 Å². The minimum Gasteiger partial charge on any atom is -0.373 e. The van der Waals surface area contributed by atoms with E-state index >= 15 is 0 Å². The number of rotatable bonds is 6. The predicted octanol–water partition coefficient (Wildman–Crippen LogP) is 3.07. The molecule has 0 aliphatic carbocycles. The average Bonchev–Trinajstić information content (AvgIpc) is 2.32. The van der Waals surface area contributed by atoms with Crippen LogP contribution in [0.3, 0.4) is 0 Å². The van der Waals surface area contributed by atoms with Crippen molar-refractivity contribution in [3.8, 4) is 0 Å². The third-order valence-electron chi connectivity index (χ3n) is 2.73. The van der Waals surface area contributed by atoms with Crippen LogP contribution in [-0.4, -0.2) is 36.4 Å². The third kappa shape index (κ3) is 4.96. The first-order valence-corrected chi connectivity index (χ1v) is 6.44. The van der Waals surface area contributed by atoms with Crippen molar-refractivity contribution >= 4 is 5.82 Å². The van der Waals surface area contributed by atoms with E-state index in [0.717, 1.165) is 17.1 Å². The SMILES string of the molecule is CNc1nc(CCOCC(F)(F)F)nc(C)c1C(C)C. The molecule has 0 fully saturated rings. The second kappa shape index (κ2) is 6.88. The Balaban J connectivity index is 2.71. The molecule has 20 heavy (non-hydrogen) atoms. The number of hydrogen-bond acceptors (Lipinski definition) is 4. The molecule has 1 aromatic rings. The zero-order valence-corrected chi connectivity index (χ0v) is 12.1. The van der Waals surface area contributed by atoms with Crippen LogP contribution in [-0.2, 0) is 11.2 Å². The Labute approximate surface area is 116 Å². The summed E-state index contributed by atoms with van der Waals surface area (Å²) in [5, 5.41) is 3.00. The van der Waals surface area contributed by atoms with Crippen molar-refractivity contribution in [3.63, 3.8) is 0 Å². The molecule has 114 valence electrons. The molecule has 0 aromatic carbocycles. The van der Waals surface area contributed by atoms with Crippen LogP contribution < -0.4 is 5.32 Å². The summed E-state index contributed by atoms with van der Waals surface area (Å²) in [7, 11) is 1.76. The van der Waals surface area contributed by atoms with Crippen LogP contribution in [0.4, 0.5) is 19.0 Å². The lowest BCUT2D eigenvalue weighted by Gasteiger charge is -2.15. The minimum atomic E-state index is -4.30. The summed E-state index contributed by atoms with van der Waals surface area (Å²) in [6.45, 7) is 4.66. The van der Waals surface area contributed by atoms with Crippen LogP contribution >= 0.6 is 0 Å². The molecule has 4 nitrogen and oxygen atoms in total. The van der Waals surface area contributed by atoms with Crippen molar-refractivity contribution in [1.29, 1.82) is 0 Å². The van der Waals surface area contributed by atoms with Gasteiger partial charge < -0.3 is 10.1 Å². The first-order chi connectivity index (χ1) is 9.24. The number of halogens is 3. The Morgan fingerprint density at radius 1 is 1.25 bits per heavy atom. The molecule has 0 radical (unpaired) electrons. The molecule has 0 saturated carbocycles. The van der Waals surface area contributed by atoms with Crippen LogP contribution in [0.5, 0.6) is 0 Å². The maximum atomic E-state index is 11.9. The van der Waals surface area contributed by atoms with Gasteiger partial charge in [0.1, 0.15) is 18.2 Å². The van der Waals surface area contributed by atoms with Gasteiger partial charge in [-0.05, 0) is 12.8 Å². The molecule has 0 unspecified atom stereocenters. The zero-order valence-electron chi connectivity index (χ0n) is 12.1. The molecular weight excluding hydrogens is 271 g/mol. The highest BCUT2D eigenvalue weighted by Gasteiger charge is 2.27. The fraction of sp³-hybridized carbons (Fsp3) is 0.692. The lowest BCUT2D eigenvalue weighted by atomic mass is 10.0. The molecule has 1 aromatic heterocycles. The monoisotopic (exact) mass is 291 g/mol. The fourth-order valence-electron chi connectivity index (χ4n) is 1.98. The molecule has 0 saturated heterocycles. The van der Waals surface area contributed by atoms with Crippen molar-refractivity contribution in [2.24, 2.45) is 0 Å². The molecular formula is C13H20F3N3O. The number of nitrogens with one attached hydrogen (secondary N) is 1. The summed E-state index contributed by atoms with van der Waals surface area (Å²) in [5.41, 5.74) is 1.86. The van der Waals surface area contributed by atoms with Crippen molar-refractivity contribution in [3.05, 3.63) is 17.1 Å². The van der Waals surface area contributed by atoms with Gasteiger partial charge >= 0.3 is 6.18 Å². The van der Waals surface area contributed by atoms with Gasteiger partial charge in [-0.3, -0.25) is 0 Å². The van der Waals surface area contributed by atoms with Crippen LogP contribution in [0.2, 0.25) is 0 Å². The smallest absolute Gasteiger partial charge is 0.373 e. The summed E-state index contributed by atoms with van der Waals surface area (Å²) in [6, 6.07) is 0. The fourth-order valence-corrected chi connectivity index (χ4v) is 1.98. The van der Waals surface area contributed by atoms with E-state index in [0.29, 0.717) is 5.82 Å². The largest absolute Gasteiger partial charge is 0.411 e. The maximum Gasteiger partial charge on any atom is 0.411 e. The van der Waals surface area contributed by atoms with E-state index in [1.165, 1.54) is 0 Å². The molecule has 7 heteroatoms. The normalized spacial score (nSPS) is 12.0. The van der Waals surface area contributed by atoms with Crippen molar-refractivity contribution in [2.75, 3.05) is 25.6 Å². The standard InChI is InChI=1S/C13H20F3N3O/c1-8(2)11-9(3)18-10(19-12(11)17-4)5-6-20-7-13(14,15)16/h8H,5-7H2,1-4H3,(H,17,18,19). The van der Waals surface area contributed by atoms with E-state index < -0.39 is 12.8 Å². The Morgan fingerprint density at radius 2 is 1.90 bits per heavy atom. The maximum absolute atomic E-state index is 11.9. The first kappa shape index (κ1) is 16.7. The number of aryl methyl sites for hydroxylation is 1. The molecule has 0 atom stereocenters. The number of nitrogens with zero attached hydrogens (tertiary/aromatic N) is 2. The minimum absolute atomic E-state index is 0.0525. The Bertz CT molecular complexity index is 447. The van der Waals surface area contributed by atoms with Gasteiger partial charge in [0.25, 0.3) is 0 Å². The van der Waals surface area contributed by atoms with Gasteiger partial charge in [0, 0.05) is 24.7 Å². The molecule has 0 bridgehead atoms. The Hall–Kier alpha value is -1.37. The van der Waals surface area contributed by atoms with E-state index in [2.05, 4.69) is 20.0 Å². The van der Waals surface area contributed by atoms with Crippen molar-refractivity contribution in [2.45, 2.75) is 39.3 Å². The van der Waals surface area contributed by atoms with Gasteiger partial charge in [0.15, 0.2) is 0 Å². The average molecular weight is 291 g/mol. The van der Waals surface area contributed by atoms with E-state index in [4.69, 9.17) is 0 Å². The topological polar surface area (TPSA) is 47.0 Å².